The average Bonchev–Trinajstić information content (AvgIpc) is 2.62. The highest BCUT2D eigenvalue weighted by molar-refractivity contribution is 5.93. The van der Waals surface area contributed by atoms with Gasteiger partial charge in [0.15, 0.2) is 11.2 Å². The summed E-state index contributed by atoms with van der Waals surface area (Å²) in [6.45, 7) is 2.41. The van der Waals surface area contributed by atoms with Crippen molar-refractivity contribution >= 4 is 16.9 Å². The van der Waals surface area contributed by atoms with Crippen LogP contribution >= 0.6 is 0 Å². The van der Waals surface area contributed by atoms with E-state index in [4.69, 9.17) is 4.42 Å². The number of nitrogens with one attached hydrogen (secondary N) is 1. The van der Waals surface area contributed by atoms with E-state index in [1.165, 1.54) is 23.0 Å². The summed E-state index contributed by atoms with van der Waals surface area (Å²) in [6.07, 6.45) is 2.15. The molecule has 0 fully saturated rings. The lowest BCUT2D eigenvalue weighted by Gasteiger charge is -2.07. The molecule has 3 aromatic rings. The van der Waals surface area contributed by atoms with Crippen LogP contribution in [0.25, 0.3) is 11.0 Å². The zero-order chi connectivity index (χ0) is 17.8. The number of hydrogen-bond donors (Lipinski definition) is 1. The molecular formula is C18H17N3O4. The standard InChI is InChI=1S/C18H17N3O4/c1-2-12-9-17(23)21(11-20-12)8-7-19-18(24)16-10-14(22)13-5-3-4-6-15(13)25-16/h3-6,9-11H,2,7-8H2,1H3,(H,19,24). The number of aryl methyl sites for hydroxylation is 1. The quantitative estimate of drug-likeness (QED) is 0.757. The molecule has 0 aliphatic rings. The maximum atomic E-state index is 12.2. The second-order valence-electron chi connectivity index (χ2n) is 5.49. The Morgan fingerprint density at radius 1 is 1.24 bits per heavy atom. The summed E-state index contributed by atoms with van der Waals surface area (Å²) >= 11 is 0. The van der Waals surface area contributed by atoms with Crippen LogP contribution in [-0.2, 0) is 13.0 Å². The van der Waals surface area contributed by atoms with E-state index in [0.29, 0.717) is 17.4 Å². The van der Waals surface area contributed by atoms with E-state index < -0.39 is 5.91 Å². The van der Waals surface area contributed by atoms with Crippen molar-refractivity contribution in [2.45, 2.75) is 19.9 Å². The molecule has 25 heavy (non-hydrogen) atoms. The van der Waals surface area contributed by atoms with Gasteiger partial charge < -0.3 is 9.73 Å². The summed E-state index contributed by atoms with van der Waals surface area (Å²) < 4.78 is 6.88. The number of amides is 1. The van der Waals surface area contributed by atoms with Crippen molar-refractivity contribution in [2.75, 3.05) is 6.54 Å². The first-order chi connectivity index (χ1) is 12.1. The number of aromatic nitrogens is 2. The first-order valence-corrected chi connectivity index (χ1v) is 7.95. The van der Waals surface area contributed by atoms with E-state index in [1.54, 1.807) is 24.3 Å². The topological polar surface area (TPSA) is 94.2 Å². The molecule has 0 saturated carbocycles. The van der Waals surface area contributed by atoms with Gasteiger partial charge in [-0.15, -0.1) is 0 Å². The molecular weight excluding hydrogens is 322 g/mol. The fourth-order valence-corrected chi connectivity index (χ4v) is 2.42. The number of carbonyl (C=O) groups is 1. The summed E-state index contributed by atoms with van der Waals surface area (Å²) in [5.41, 5.74) is 0.639. The Balaban J connectivity index is 1.69. The van der Waals surface area contributed by atoms with Crippen LogP contribution in [0, 0.1) is 0 Å². The van der Waals surface area contributed by atoms with Crippen LogP contribution in [0.15, 0.2) is 56.7 Å². The van der Waals surface area contributed by atoms with Crippen molar-refractivity contribution in [2.24, 2.45) is 0 Å². The van der Waals surface area contributed by atoms with Gasteiger partial charge in [-0.2, -0.15) is 0 Å². The van der Waals surface area contributed by atoms with Gasteiger partial charge in [0.05, 0.1) is 11.7 Å². The zero-order valence-electron chi connectivity index (χ0n) is 13.7. The molecule has 1 aromatic carbocycles. The molecule has 0 bridgehead atoms. The molecule has 0 aliphatic heterocycles. The maximum absolute atomic E-state index is 12.2. The van der Waals surface area contributed by atoms with Crippen LogP contribution in [0.4, 0.5) is 0 Å². The van der Waals surface area contributed by atoms with E-state index in [1.807, 2.05) is 6.92 Å². The Morgan fingerprint density at radius 3 is 2.80 bits per heavy atom. The van der Waals surface area contributed by atoms with Gasteiger partial charge in [-0.1, -0.05) is 19.1 Å². The Bertz CT molecular complexity index is 1040. The zero-order valence-corrected chi connectivity index (χ0v) is 13.7. The Labute approximate surface area is 142 Å². The van der Waals surface area contributed by atoms with Crippen LogP contribution in [0.5, 0.6) is 0 Å². The minimum Gasteiger partial charge on any atom is -0.451 e. The van der Waals surface area contributed by atoms with E-state index in [-0.39, 0.29) is 29.8 Å². The molecule has 7 heteroatoms. The molecule has 0 unspecified atom stereocenters. The fraction of sp³-hybridized carbons (Fsp3) is 0.222. The second kappa shape index (κ2) is 7.12. The summed E-state index contributed by atoms with van der Waals surface area (Å²) in [5, 5.41) is 3.06. The van der Waals surface area contributed by atoms with E-state index in [9.17, 15) is 14.4 Å². The lowest BCUT2D eigenvalue weighted by molar-refractivity contribution is 0.0925. The number of para-hydroxylation sites is 1. The number of hydrogen-bond acceptors (Lipinski definition) is 5. The molecule has 0 atom stereocenters. The highest BCUT2D eigenvalue weighted by Crippen LogP contribution is 2.11. The Morgan fingerprint density at radius 2 is 2.04 bits per heavy atom. The van der Waals surface area contributed by atoms with E-state index in [0.717, 1.165) is 5.69 Å². The van der Waals surface area contributed by atoms with Crippen molar-refractivity contribution in [3.63, 3.8) is 0 Å². The van der Waals surface area contributed by atoms with Gasteiger partial charge in [0, 0.05) is 30.9 Å². The van der Waals surface area contributed by atoms with Crippen LogP contribution in [0.2, 0.25) is 0 Å². The molecule has 2 heterocycles. The first-order valence-electron chi connectivity index (χ1n) is 7.95. The van der Waals surface area contributed by atoms with Gasteiger partial charge in [-0.25, -0.2) is 4.98 Å². The predicted molar refractivity (Wildman–Crippen MR) is 92.7 cm³/mol. The first kappa shape index (κ1) is 16.6. The highest BCUT2D eigenvalue weighted by atomic mass is 16.3. The molecule has 1 N–H and O–H groups in total. The van der Waals surface area contributed by atoms with Crippen molar-refractivity contribution in [3.8, 4) is 0 Å². The monoisotopic (exact) mass is 339 g/mol. The fourth-order valence-electron chi connectivity index (χ4n) is 2.42. The summed E-state index contributed by atoms with van der Waals surface area (Å²) in [7, 11) is 0. The predicted octanol–water partition coefficient (Wildman–Crippen LogP) is 1.34. The number of fused-ring (bicyclic) bond motifs is 1. The molecule has 1 amide bonds. The number of carbonyl (C=O) groups excluding carboxylic acids is 1. The maximum Gasteiger partial charge on any atom is 0.287 e. The van der Waals surface area contributed by atoms with Crippen molar-refractivity contribution < 1.29 is 9.21 Å². The SMILES string of the molecule is CCc1cc(=O)n(CCNC(=O)c2cc(=O)c3ccccc3o2)cn1. The van der Waals surface area contributed by atoms with Crippen LogP contribution in [-0.4, -0.2) is 22.0 Å². The lowest BCUT2D eigenvalue weighted by atomic mass is 10.2. The third-order valence-corrected chi connectivity index (χ3v) is 3.80. The normalized spacial score (nSPS) is 10.8. The molecule has 0 aliphatic carbocycles. The number of benzene rings is 1. The smallest absolute Gasteiger partial charge is 0.287 e. The highest BCUT2D eigenvalue weighted by Gasteiger charge is 2.11. The van der Waals surface area contributed by atoms with Crippen LogP contribution in [0.3, 0.4) is 0 Å². The summed E-state index contributed by atoms with van der Waals surface area (Å²) in [5.74, 6) is -0.565. The van der Waals surface area contributed by atoms with Gasteiger partial charge in [-0.3, -0.25) is 19.0 Å². The third kappa shape index (κ3) is 3.65. The molecule has 0 saturated heterocycles. The van der Waals surface area contributed by atoms with Crippen molar-refractivity contribution in [1.29, 1.82) is 0 Å². The number of rotatable bonds is 5. The minimum absolute atomic E-state index is 0.0597. The summed E-state index contributed by atoms with van der Waals surface area (Å²) in [4.78, 5) is 40.2. The average molecular weight is 339 g/mol. The molecule has 3 rings (SSSR count). The minimum atomic E-state index is -0.506. The van der Waals surface area contributed by atoms with Gasteiger partial charge >= 0.3 is 0 Å². The molecule has 128 valence electrons. The van der Waals surface area contributed by atoms with Gasteiger partial charge in [0.25, 0.3) is 11.5 Å². The summed E-state index contributed by atoms with van der Waals surface area (Å²) in [6, 6.07) is 9.38. The molecule has 0 spiro atoms. The van der Waals surface area contributed by atoms with Gasteiger partial charge in [0.1, 0.15) is 5.58 Å². The van der Waals surface area contributed by atoms with Crippen LogP contribution < -0.4 is 16.3 Å². The van der Waals surface area contributed by atoms with E-state index >= 15 is 0 Å². The lowest BCUT2D eigenvalue weighted by Crippen LogP contribution is -2.31. The van der Waals surface area contributed by atoms with Gasteiger partial charge in [-0.05, 0) is 18.6 Å². The van der Waals surface area contributed by atoms with E-state index in [2.05, 4.69) is 10.3 Å². The molecule has 0 radical (unpaired) electrons. The molecule has 7 nitrogen and oxygen atoms in total. The molecule has 2 aromatic heterocycles. The second-order valence-corrected chi connectivity index (χ2v) is 5.49. The third-order valence-electron chi connectivity index (χ3n) is 3.80. The van der Waals surface area contributed by atoms with Crippen molar-refractivity contribution in [1.82, 2.24) is 14.9 Å². The van der Waals surface area contributed by atoms with Gasteiger partial charge in [0.2, 0.25) is 0 Å². The van der Waals surface area contributed by atoms with Crippen LogP contribution in [0.1, 0.15) is 23.2 Å². The largest absolute Gasteiger partial charge is 0.451 e. The Hall–Kier alpha value is -3.22. The Kier molecular flexibility index (Phi) is 4.74. The van der Waals surface area contributed by atoms with Crippen molar-refractivity contribution in [3.05, 3.63) is 74.8 Å². The number of nitrogens with zero attached hydrogens (tertiary/aromatic N) is 2.